The Morgan fingerprint density at radius 1 is 1.56 bits per heavy atom. The summed E-state index contributed by atoms with van der Waals surface area (Å²) >= 11 is 0. The highest BCUT2D eigenvalue weighted by molar-refractivity contribution is 5.14. The second-order valence-electron chi connectivity index (χ2n) is 5.20. The van der Waals surface area contributed by atoms with Crippen molar-refractivity contribution in [1.82, 2.24) is 15.5 Å². The van der Waals surface area contributed by atoms with Crippen molar-refractivity contribution in [3.05, 3.63) is 17.5 Å². The van der Waals surface area contributed by atoms with Crippen LogP contribution in [-0.4, -0.2) is 35.5 Å². The van der Waals surface area contributed by atoms with Gasteiger partial charge in [-0.1, -0.05) is 6.92 Å². The number of aromatic nitrogens is 2. The van der Waals surface area contributed by atoms with E-state index in [1.807, 2.05) is 6.20 Å². The van der Waals surface area contributed by atoms with Crippen LogP contribution in [0.4, 0.5) is 0 Å². The van der Waals surface area contributed by atoms with E-state index in [2.05, 4.69) is 29.4 Å². The molecule has 1 aromatic heterocycles. The first-order valence-corrected chi connectivity index (χ1v) is 7.13. The Labute approximate surface area is 110 Å². The van der Waals surface area contributed by atoms with Crippen LogP contribution in [0.3, 0.4) is 0 Å². The first-order valence-electron chi connectivity index (χ1n) is 7.13. The van der Waals surface area contributed by atoms with Crippen molar-refractivity contribution < 1.29 is 4.74 Å². The van der Waals surface area contributed by atoms with E-state index in [1.54, 1.807) is 0 Å². The normalized spacial score (nSPS) is 24.3. The van der Waals surface area contributed by atoms with Crippen LogP contribution < -0.4 is 5.32 Å². The van der Waals surface area contributed by atoms with E-state index in [0.717, 1.165) is 32.4 Å². The van der Waals surface area contributed by atoms with E-state index in [-0.39, 0.29) is 0 Å². The Bertz CT molecular complexity index is 351. The van der Waals surface area contributed by atoms with E-state index in [9.17, 15) is 0 Å². The van der Waals surface area contributed by atoms with Crippen LogP contribution in [0, 0.1) is 6.92 Å². The molecule has 2 unspecified atom stereocenters. The molecule has 102 valence electrons. The lowest BCUT2D eigenvalue weighted by atomic mass is 10.0. The summed E-state index contributed by atoms with van der Waals surface area (Å²) < 4.78 is 5.69. The number of hydrogen-bond donors (Lipinski definition) is 2. The molecule has 4 nitrogen and oxygen atoms in total. The number of nitrogens with one attached hydrogen (secondary N) is 2. The number of H-pyrrole nitrogens is 1. The number of hydrogen-bond acceptors (Lipinski definition) is 3. The quantitative estimate of drug-likeness (QED) is 0.762. The number of rotatable bonds is 6. The fraction of sp³-hybridized carbons (Fsp3) is 0.786. The van der Waals surface area contributed by atoms with Gasteiger partial charge in [-0.3, -0.25) is 5.10 Å². The maximum atomic E-state index is 5.69. The second kappa shape index (κ2) is 6.90. The fourth-order valence-corrected chi connectivity index (χ4v) is 2.56. The smallest absolute Gasteiger partial charge is 0.0587 e. The third-order valence-electron chi connectivity index (χ3n) is 3.81. The monoisotopic (exact) mass is 251 g/mol. The molecule has 1 saturated heterocycles. The topological polar surface area (TPSA) is 49.9 Å². The number of aryl methyl sites for hydroxylation is 2. The van der Waals surface area contributed by atoms with E-state index in [0.29, 0.717) is 12.1 Å². The summed E-state index contributed by atoms with van der Waals surface area (Å²) in [6.07, 6.45) is 8.14. The molecule has 0 aromatic carbocycles. The molecule has 1 aromatic rings. The zero-order valence-corrected chi connectivity index (χ0v) is 11.5. The largest absolute Gasteiger partial charge is 0.378 e. The number of aromatic amines is 1. The fourth-order valence-electron chi connectivity index (χ4n) is 2.56. The van der Waals surface area contributed by atoms with Crippen LogP contribution in [0.1, 0.15) is 43.9 Å². The Morgan fingerprint density at radius 2 is 2.44 bits per heavy atom. The second-order valence-corrected chi connectivity index (χ2v) is 5.20. The molecular weight excluding hydrogens is 226 g/mol. The van der Waals surface area contributed by atoms with Crippen molar-refractivity contribution in [1.29, 1.82) is 0 Å². The molecule has 0 spiro atoms. The molecule has 4 heteroatoms. The van der Waals surface area contributed by atoms with Crippen molar-refractivity contribution in [3.8, 4) is 0 Å². The molecule has 1 aliphatic rings. The van der Waals surface area contributed by atoms with E-state index >= 15 is 0 Å². The Kier molecular flexibility index (Phi) is 5.20. The first kappa shape index (κ1) is 13.6. The van der Waals surface area contributed by atoms with Crippen LogP contribution in [-0.2, 0) is 11.2 Å². The van der Waals surface area contributed by atoms with Crippen molar-refractivity contribution in [3.63, 3.8) is 0 Å². The maximum absolute atomic E-state index is 5.69. The summed E-state index contributed by atoms with van der Waals surface area (Å²) in [4.78, 5) is 0. The zero-order valence-electron chi connectivity index (χ0n) is 11.5. The van der Waals surface area contributed by atoms with Gasteiger partial charge in [0.25, 0.3) is 0 Å². The van der Waals surface area contributed by atoms with Crippen LogP contribution >= 0.6 is 0 Å². The summed E-state index contributed by atoms with van der Waals surface area (Å²) in [6.45, 7) is 6.29. The molecule has 1 fully saturated rings. The molecule has 0 amide bonds. The third kappa shape index (κ3) is 3.82. The lowest BCUT2D eigenvalue weighted by molar-refractivity contribution is 0.0000263. The first-order chi connectivity index (χ1) is 8.79. The van der Waals surface area contributed by atoms with Crippen molar-refractivity contribution in [2.24, 2.45) is 0 Å². The molecule has 2 atom stereocenters. The van der Waals surface area contributed by atoms with E-state index < -0.39 is 0 Å². The van der Waals surface area contributed by atoms with Crippen molar-refractivity contribution in [2.75, 3.05) is 13.2 Å². The molecular formula is C14H25N3O. The highest BCUT2D eigenvalue weighted by Gasteiger charge is 2.20. The molecule has 2 heterocycles. The summed E-state index contributed by atoms with van der Waals surface area (Å²) in [5, 5.41) is 10.7. The lowest BCUT2D eigenvalue weighted by Crippen LogP contribution is -2.39. The minimum absolute atomic E-state index is 0.465. The molecule has 2 rings (SSSR count). The average molecular weight is 251 g/mol. The molecule has 1 aliphatic heterocycles. The third-order valence-corrected chi connectivity index (χ3v) is 3.81. The predicted molar refractivity (Wildman–Crippen MR) is 72.7 cm³/mol. The molecule has 2 N–H and O–H groups in total. The van der Waals surface area contributed by atoms with Crippen molar-refractivity contribution in [2.45, 2.75) is 58.1 Å². The number of nitrogens with zero attached hydrogens (tertiary/aromatic N) is 1. The average Bonchev–Trinajstić information content (AvgIpc) is 2.81. The minimum Gasteiger partial charge on any atom is -0.378 e. The maximum Gasteiger partial charge on any atom is 0.0587 e. The summed E-state index contributed by atoms with van der Waals surface area (Å²) in [6, 6.07) is 0.647. The van der Waals surface area contributed by atoms with Gasteiger partial charge in [0.2, 0.25) is 0 Å². The molecule has 0 aliphatic carbocycles. The van der Waals surface area contributed by atoms with Crippen LogP contribution in [0.2, 0.25) is 0 Å². The van der Waals surface area contributed by atoms with Gasteiger partial charge in [0.15, 0.2) is 0 Å². The molecule has 0 radical (unpaired) electrons. The van der Waals surface area contributed by atoms with Gasteiger partial charge in [-0.05, 0) is 51.1 Å². The summed E-state index contributed by atoms with van der Waals surface area (Å²) in [5.74, 6) is 0. The van der Waals surface area contributed by atoms with Gasteiger partial charge < -0.3 is 10.1 Å². The summed E-state index contributed by atoms with van der Waals surface area (Å²) in [7, 11) is 0. The minimum atomic E-state index is 0.465. The van der Waals surface area contributed by atoms with Crippen LogP contribution in [0.15, 0.2) is 6.20 Å². The number of ether oxygens (including phenoxy) is 1. The van der Waals surface area contributed by atoms with Gasteiger partial charge in [-0.15, -0.1) is 0 Å². The molecule has 0 saturated carbocycles. The van der Waals surface area contributed by atoms with Gasteiger partial charge in [0.1, 0.15) is 0 Å². The van der Waals surface area contributed by atoms with Gasteiger partial charge in [-0.25, -0.2) is 0 Å². The van der Waals surface area contributed by atoms with Crippen LogP contribution in [0.5, 0.6) is 0 Å². The van der Waals surface area contributed by atoms with Crippen molar-refractivity contribution >= 4 is 0 Å². The summed E-state index contributed by atoms with van der Waals surface area (Å²) in [5.41, 5.74) is 2.54. The van der Waals surface area contributed by atoms with E-state index in [4.69, 9.17) is 4.74 Å². The van der Waals surface area contributed by atoms with Crippen LogP contribution in [0.25, 0.3) is 0 Å². The Hall–Kier alpha value is -0.870. The van der Waals surface area contributed by atoms with Gasteiger partial charge in [0, 0.05) is 18.3 Å². The molecule has 0 bridgehead atoms. The standard InChI is InChI=1S/C14H25N3O/c1-3-14-9-13(6-8-18-14)15-7-4-5-12-10-16-17-11(12)2/h10,13-15H,3-9H2,1-2H3,(H,16,17). The molecule has 18 heavy (non-hydrogen) atoms. The Morgan fingerprint density at radius 3 is 3.17 bits per heavy atom. The predicted octanol–water partition coefficient (Wildman–Crippen LogP) is 2.20. The highest BCUT2D eigenvalue weighted by atomic mass is 16.5. The Balaban J connectivity index is 1.62. The lowest BCUT2D eigenvalue weighted by Gasteiger charge is -2.29. The zero-order chi connectivity index (χ0) is 12.8. The SMILES string of the molecule is CCC1CC(NCCCc2cn[nH]c2C)CCO1. The van der Waals surface area contributed by atoms with Gasteiger partial charge in [-0.2, -0.15) is 5.10 Å². The van der Waals surface area contributed by atoms with E-state index in [1.165, 1.54) is 24.1 Å². The van der Waals surface area contributed by atoms with Gasteiger partial charge in [0.05, 0.1) is 12.3 Å². The highest BCUT2D eigenvalue weighted by Crippen LogP contribution is 2.16. The van der Waals surface area contributed by atoms with Gasteiger partial charge >= 0.3 is 0 Å².